The molecule has 0 bridgehead atoms. The summed E-state index contributed by atoms with van der Waals surface area (Å²) < 4.78 is 49.0. The molecule has 1 aromatic heterocycles. The Kier molecular flexibility index (Phi) is 4.88. The molecule has 150 valence electrons. The fourth-order valence-electron chi connectivity index (χ4n) is 3.63. The van der Waals surface area contributed by atoms with E-state index in [4.69, 9.17) is 4.74 Å². The summed E-state index contributed by atoms with van der Waals surface area (Å²) in [6, 6.07) is 4.96. The number of rotatable bonds is 2. The topological polar surface area (TPSA) is 70.8 Å². The highest BCUT2D eigenvalue weighted by Gasteiger charge is 2.35. The van der Waals surface area contributed by atoms with E-state index >= 15 is 0 Å². The van der Waals surface area contributed by atoms with Crippen molar-refractivity contribution in [3.05, 3.63) is 41.7 Å². The third-order valence-electron chi connectivity index (χ3n) is 5.06. The van der Waals surface area contributed by atoms with Crippen molar-refractivity contribution in [2.45, 2.75) is 18.6 Å². The Morgan fingerprint density at radius 2 is 1.96 bits per heavy atom. The summed E-state index contributed by atoms with van der Waals surface area (Å²) in [5, 5.41) is 6.31. The lowest BCUT2D eigenvalue weighted by Gasteiger charge is -2.41. The van der Waals surface area contributed by atoms with E-state index in [0.29, 0.717) is 45.0 Å². The van der Waals surface area contributed by atoms with Crippen LogP contribution in [-0.2, 0) is 6.18 Å². The van der Waals surface area contributed by atoms with Gasteiger partial charge in [0.05, 0.1) is 12.2 Å². The van der Waals surface area contributed by atoms with Gasteiger partial charge in [0.1, 0.15) is 12.0 Å². The molecular weight excluding hydrogens is 377 g/mol. The van der Waals surface area contributed by atoms with Crippen molar-refractivity contribution in [1.82, 2.24) is 15.0 Å². The van der Waals surface area contributed by atoms with Crippen LogP contribution in [0.2, 0.25) is 0 Å². The average molecular weight is 396 g/mol. The number of amides is 2. The van der Waals surface area contributed by atoms with Crippen LogP contribution in [-0.4, -0.2) is 53.8 Å². The summed E-state index contributed by atoms with van der Waals surface area (Å²) in [7, 11) is 0. The maximum atomic E-state index is 12.9. The van der Waals surface area contributed by atoms with Gasteiger partial charge in [0.25, 0.3) is 0 Å². The third kappa shape index (κ3) is 3.77. The number of halogens is 3. The summed E-state index contributed by atoms with van der Waals surface area (Å²) in [6.07, 6.45) is -2.32. The number of nitrogens with zero attached hydrogens (tertiary/aromatic N) is 3. The zero-order valence-corrected chi connectivity index (χ0v) is 14.9. The molecule has 7 nitrogen and oxygen atoms in total. The molecule has 2 aliphatic rings. The van der Waals surface area contributed by atoms with Crippen LogP contribution in [0, 0.1) is 0 Å². The lowest BCUT2D eigenvalue weighted by Crippen LogP contribution is -2.51. The smallest absolute Gasteiger partial charge is 0.416 e. The van der Waals surface area contributed by atoms with Crippen molar-refractivity contribution < 1.29 is 27.2 Å². The van der Waals surface area contributed by atoms with Gasteiger partial charge in [0.2, 0.25) is 0 Å². The standard InChI is InChI=1S/C18H19F3N4O3/c19-18(20,21)12-1-2-13-14(3-9-27-15(13)11-12)24-5-7-25(8-6-24)17(26)22-16-4-10-28-23-16/h1-2,4,10-11,14H,3,5-9H2,(H,22,23,26). The van der Waals surface area contributed by atoms with E-state index in [1.165, 1.54) is 12.3 Å². The van der Waals surface area contributed by atoms with Crippen LogP contribution in [0.15, 0.2) is 35.1 Å². The molecule has 0 radical (unpaired) electrons. The molecule has 10 heteroatoms. The molecule has 1 aromatic carbocycles. The second-order valence-electron chi connectivity index (χ2n) is 6.74. The average Bonchev–Trinajstić information content (AvgIpc) is 3.19. The summed E-state index contributed by atoms with van der Waals surface area (Å²) in [4.78, 5) is 16.1. The number of benzene rings is 1. The number of urea groups is 1. The predicted molar refractivity (Wildman–Crippen MR) is 93.0 cm³/mol. The minimum atomic E-state index is -4.39. The van der Waals surface area contributed by atoms with Crippen LogP contribution in [0.1, 0.15) is 23.6 Å². The molecule has 2 aliphatic heterocycles. The molecule has 2 amide bonds. The number of hydrogen-bond donors (Lipinski definition) is 1. The molecule has 1 unspecified atom stereocenters. The molecule has 28 heavy (non-hydrogen) atoms. The monoisotopic (exact) mass is 396 g/mol. The number of piperazine rings is 1. The number of anilines is 1. The maximum Gasteiger partial charge on any atom is 0.416 e. The molecule has 1 atom stereocenters. The predicted octanol–water partition coefficient (Wildman–Crippen LogP) is 3.37. The quantitative estimate of drug-likeness (QED) is 0.843. The minimum absolute atomic E-state index is 0.0215. The summed E-state index contributed by atoms with van der Waals surface area (Å²) in [6.45, 7) is 2.63. The highest BCUT2D eigenvalue weighted by molar-refractivity contribution is 5.88. The summed E-state index contributed by atoms with van der Waals surface area (Å²) in [5.41, 5.74) is 0.0565. The number of carbonyl (C=O) groups is 1. The van der Waals surface area contributed by atoms with Gasteiger partial charge in [0, 0.05) is 50.3 Å². The highest BCUT2D eigenvalue weighted by atomic mass is 19.4. The zero-order valence-electron chi connectivity index (χ0n) is 14.9. The lowest BCUT2D eigenvalue weighted by molar-refractivity contribution is -0.137. The van der Waals surface area contributed by atoms with Gasteiger partial charge in [-0.05, 0) is 12.1 Å². The Bertz CT molecular complexity index is 833. The van der Waals surface area contributed by atoms with Crippen molar-refractivity contribution in [3.63, 3.8) is 0 Å². The Morgan fingerprint density at radius 1 is 1.18 bits per heavy atom. The number of fused-ring (bicyclic) bond motifs is 1. The van der Waals surface area contributed by atoms with Crippen LogP contribution in [0.3, 0.4) is 0 Å². The van der Waals surface area contributed by atoms with Crippen LogP contribution in [0.25, 0.3) is 0 Å². The first-order valence-electron chi connectivity index (χ1n) is 8.96. The number of ether oxygens (including phenoxy) is 1. The number of alkyl halides is 3. The maximum absolute atomic E-state index is 12.9. The molecule has 1 fully saturated rings. The second kappa shape index (κ2) is 7.34. The van der Waals surface area contributed by atoms with Gasteiger partial charge >= 0.3 is 12.2 Å². The first-order chi connectivity index (χ1) is 13.4. The van der Waals surface area contributed by atoms with Crippen molar-refractivity contribution in [1.29, 1.82) is 0 Å². The van der Waals surface area contributed by atoms with Crippen molar-refractivity contribution in [3.8, 4) is 5.75 Å². The van der Waals surface area contributed by atoms with Crippen LogP contribution in [0.5, 0.6) is 5.75 Å². The van der Waals surface area contributed by atoms with Crippen LogP contribution >= 0.6 is 0 Å². The molecular formula is C18H19F3N4O3. The Morgan fingerprint density at radius 3 is 2.64 bits per heavy atom. The molecule has 1 N–H and O–H groups in total. The molecule has 2 aromatic rings. The van der Waals surface area contributed by atoms with Crippen molar-refractivity contribution in [2.75, 3.05) is 38.1 Å². The Hall–Kier alpha value is -2.75. The van der Waals surface area contributed by atoms with E-state index in [9.17, 15) is 18.0 Å². The first kappa shape index (κ1) is 18.6. The van der Waals surface area contributed by atoms with Gasteiger partial charge in [0.15, 0.2) is 5.82 Å². The van der Waals surface area contributed by atoms with E-state index in [-0.39, 0.29) is 17.8 Å². The summed E-state index contributed by atoms with van der Waals surface area (Å²) >= 11 is 0. The van der Waals surface area contributed by atoms with E-state index in [0.717, 1.165) is 17.7 Å². The lowest BCUT2D eigenvalue weighted by atomic mass is 9.96. The fourth-order valence-corrected chi connectivity index (χ4v) is 3.63. The Labute approximate surface area is 159 Å². The SMILES string of the molecule is O=C(Nc1ccon1)N1CCN(C2CCOc3cc(C(F)(F)F)ccc32)CC1. The largest absolute Gasteiger partial charge is 0.493 e. The van der Waals surface area contributed by atoms with E-state index in [1.54, 1.807) is 11.0 Å². The van der Waals surface area contributed by atoms with E-state index in [1.807, 2.05) is 0 Å². The number of nitrogens with one attached hydrogen (secondary N) is 1. The third-order valence-corrected chi connectivity index (χ3v) is 5.06. The molecule has 3 heterocycles. The molecule has 0 saturated carbocycles. The van der Waals surface area contributed by atoms with E-state index < -0.39 is 11.7 Å². The van der Waals surface area contributed by atoms with Gasteiger partial charge < -0.3 is 14.2 Å². The van der Waals surface area contributed by atoms with Gasteiger partial charge in [-0.1, -0.05) is 11.2 Å². The van der Waals surface area contributed by atoms with Crippen molar-refractivity contribution >= 4 is 11.8 Å². The van der Waals surface area contributed by atoms with Crippen molar-refractivity contribution in [2.24, 2.45) is 0 Å². The molecule has 0 spiro atoms. The second-order valence-corrected chi connectivity index (χ2v) is 6.74. The molecule has 4 rings (SSSR count). The van der Waals surface area contributed by atoms with Gasteiger partial charge in [-0.15, -0.1) is 0 Å². The molecule has 0 aliphatic carbocycles. The van der Waals surface area contributed by atoms with Gasteiger partial charge in [-0.25, -0.2) is 4.79 Å². The molecule has 1 saturated heterocycles. The summed E-state index contributed by atoms with van der Waals surface area (Å²) in [5.74, 6) is 0.642. The number of hydrogen-bond acceptors (Lipinski definition) is 5. The fraction of sp³-hybridized carbons (Fsp3) is 0.444. The highest BCUT2D eigenvalue weighted by Crippen LogP contribution is 2.40. The van der Waals surface area contributed by atoms with Gasteiger partial charge in [-0.3, -0.25) is 10.2 Å². The van der Waals surface area contributed by atoms with Crippen LogP contribution in [0.4, 0.5) is 23.8 Å². The van der Waals surface area contributed by atoms with Gasteiger partial charge in [-0.2, -0.15) is 13.2 Å². The normalized spacial score (nSPS) is 20.4. The zero-order chi connectivity index (χ0) is 19.7. The number of carbonyl (C=O) groups excluding carboxylic acids is 1. The minimum Gasteiger partial charge on any atom is -0.493 e. The first-order valence-corrected chi connectivity index (χ1v) is 8.96. The Balaban J connectivity index is 1.41. The number of aromatic nitrogens is 1. The van der Waals surface area contributed by atoms with E-state index in [2.05, 4.69) is 19.9 Å². The van der Waals surface area contributed by atoms with Crippen LogP contribution < -0.4 is 10.1 Å².